The lowest BCUT2D eigenvalue weighted by Crippen LogP contribution is -2.33. The summed E-state index contributed by atoms with van der Waals surface area (Å²) in [4.78, 5) is 3.93. The Bertz CT molecular complexity index is 588. The van der Waals surface area contributed by atoms with Gasteiger partial charge in [0, 0.05) is 18.3 Å². The van der Waals surface area contributed by atoms with Gasteiger partial charge in [-0.25, -0.2) is 13.8 Å². The molecule has 0 unspecified atom stereocenters. The number of hydrogen-bond donors (Lipinski definition) is 2. The molecule has 0 amide bonds. The molecule has 4 nitrogen and oxygen atoms in total. The summed E-state index contributed by atoms with van der Waals surface area (Å²) in [7, 11) is 0. The van der Waals surface area contributed by atoms with Crippen LogP contribution in [0.25, 0.3) is 5.65 Å². The van der Waals surface area contributed by atoms with Crippen LogP contribution in [0.2, 0.25) is 0 Å². The van der Waals surface area contributed by atoms with Crippen LogP contribution in [0.4, 0.5) is 14.6 Å². The van der Waals surface area contributed by atoms with Crippen LogP contribution in [-0.2, 0) is 0 Å². The van der Waals surface area contributed by atoms with E-state index in [0.717, 1.165) is 31.5 Å². The molecule has 2 aromatic rings. The highest BCUT2D eigenvalue weighted by atomic mass is 19.3. The molecule has 0 aromatic carbocycles. The molecule has 2 aromatic heterocycles. The Morgan fingerprint density at radius 3 is 2.70 bits per heavy atom. The van der Waals surface area contributed by atoms with Gasteiger partial charge in [0.05, 0.1) is 0 Å². The molecule has 0 atom stereocenters. The quantitative estimate of drug-likeness (QED) is 0.909. The van der Waals surface area contributed by atoms with Crippen molar-refractivity contribution >= 4 is 11.5 Å². The summed E-state index contributed by atoms with van der Waals surface area (Å²) in [6, 6.07) is 6.08. The molecule has 1 fully saturated rings. The average Bonchev–Trinajstić information content (AvgIpc) is 2.87. The minimum Gasteiger partial charge on any atom is -0.368 e. The first-order valence-electron chi connectivity index (χ1n) is 6.92. The van der Waals surface area contributed by atoms with E-state index >= 15 is 0 Å². The molecule has 0 bridgehead atoms. The molecule has 0 spiro atoms. The molecule has 3 N–H and O–H groups in total. The second-order valence-electron chi connectivity index (χ2n) is 5.36. The average molecular weight is 280 g/mol. The van der Waals surface area contributed by atoms with Gasteiger partial charge >= 0.3 is 0 Å². The molecular weight excluding hydrogens is 262 g/mol. The van der Waals surface area contributed by atoms with Crippen molar-refractivity contribution in [2.45, 2.75) is 44.2 Å². The molecule has 1 saturated carbocycles. The molecule has 3 rings (SSSR count). The van der Waals surface area contributed by atoms with Crippen molar-refractivity contribution in [1.82, 2.24) is 9.38 Å². The molecular formula is C14H18F2N4. The number of anilines is 1. The molecule has 6 heteroatoms. The number of nitrogens with two attached hydrogens (primary N) is 1. The predicted octanol–water partition coefficient (Wildman–Crippen LogP) is 2.95. The van der Waals surface area contributed by atoms with Crippen molar-refractivity contribution in [3.8, 4) is 0 Å². The van der Waals surface area contributed by atoms with Crippen LogP contribution in [0.5, 0.6) is 0 Å². The second kappa shape index (κ2) is 5.36. The maximum atomic E-state index is 12.7. The van der Waals surface area contributed by atoms with Gasteiger partial charge in [-0.15, -0.1) is 0 Å². The summed E-state index contributed by atoms with van der Waals surface area (Å²) < 4.78 is 27.1. The van der Waals surface area contributed by atoms with E-state index in [9.17, 15) is 8.78 Å². The van der Waals surface area contributed by atoms with Gasteiger partial charge in [0.15, 0.2) is 0 Å². The maximum Gasteiger partial charge on any atom is 0.281 e. The molecule has 0 radical (unpaired) electrons. The number of alkyl halides is 2. The third-order valence-corrected chi connectivity index (χ3v) is 3.86. The number of nitrogens with zero attached hydrogens (tertiary/aromatic N) is 2. The van der Waals surface area contributed by atoms with E-state index in [1.165, 1.54) is 6.20 Å². The number of halogens is 2. The fourth-order valence-corrected chi connectivity index (χ4v) is 2.73. The highest BCUT2D eigenvalue weighted by molar-refractivity contribution is 5.51. The van der Waals surface area contributed by atoms with Crippen molar-refractivity contribution in [3.05, 3.63) is 30.1 Å². The predicted molar refractivity (Wildman–Crippen MR) is 74.0 cm³/mol. The van der Waals surface area contributed by atoms with Gasteiger partial charge in [-0.05, 0) is 37.8 Å². The molecule has 108 valence electrons. The van der Waals surface area contributed by atoms with Crippen LogP contribution in [0, 0.1) is 0 Å². The fraction of sp³-hybridized carbons (Fsp3) is 0.500. The van der Waals surface area contributed by atoms with E-state index in [4.69, 9.17) is 5.73 Å². The third-order valence-electron chi connectivity index (χ3n) is 3.86. The summed E-state index contributed by atoms with van der Waals surface area (Å²) in [5.41, 5.74) is 6.24. The Morgan fingerprint density at radius 2 is 2.00 bits per heavy atom. The van der Waals surface area contributed by atoms with E-state index in [-0.39, 0.29) is 5.69 Å². The fourth-order valence-electron chi connectivity index (χ4n) is 2.73. The third kappa shape index (κ3) is 2.60. The van der Waals surface area contributed by atoms with Crippen molar-refractivity contribution in [2.24, 2.45) is 5.73 Å². The van der Waals surface area contributed by atoms with Crippen LogP contribution in [0.1, 0.15) is 37.8 Å². The van der Waals surface area contributed by atoms with Gasteiger partial charge < -0.3 is 11.1 Å². The molecule has 1 aliphatic rings. The largest absolute Gasteiger partial charge is 0.368 e. The zero-order valence-electron chi connectivity index (χ0n) is 11.1. The smallest absolute Gasteiger partial charge is 0.281 e. The Morgan fingerprint density at radius 1 is 1.25 bits per heavy atom. The molecule has 2 heterocycles. The standard InChI is InChI=1S/C14H18F2N4/c15-14(16)11-8-20-12(2-1-3-13(20)19-11)18-10-6-4-9(17)5-7-10/h1-3,8-10,14,18H,4-7,17H2. The van der Waals surface area contributed by atoms with E-state index < -0.39 is 6.43 Å². The van der Waals surface area contributed by atoms with Crippen LogP contribution >= 0.6 is 0 Å². The summed E-state index contributed by atoms with van der Waals surface area (Å²) in [6.45, 7) is 0. The Hall–Kier alpha value is -1.69. The number of aromatic nitrogens is 2. The van der Waals surface area contributed by atoms with Crippen LogP contribution in [0.15, 0.2) is 24.4 Å². The highest BCUT2D eigenvalue weighted by Crippen LogP contribution is 2.24. The molecule has 1 aliphatic carbocycles. The minimum atomic E-state index is -2.55. The van der Waals surface area contributed by atoms with E-state index in [2.05, 4.69) is 10.3 Å². The Kier molecular flexibility index (Phi) is 3.56. The molecule has 20 heavy (non-hydrogen) atoms. The normalized spacial score (nSPS) is 23.4. The van der Waals surface area contributed by atoms with E-state index in [0.29, 0.717) is 17.7 Å². The first kappa shape index (κ1) is 13.3. The topological polar surface area (TPSA) is 55.3 Å². The van der Waals surface area contributed by atoms with Gasteiger partial charge in [0.1, 0.15) is 17.2 Å². The van der Waals surface area contributed by atoms with Gasteiger partial charge in [-0.3, -0.25) is 4.40 Å². The van der Waals surface area contributed by atoms with E-state index in [1.807, 2.05) is 12.1 Å². The summed E-state index contributed by atoms with van der Waals surface area (Å²) in [5, 5.41) is 3.42. The number of pyridine rings is 1. The lowest BCUT2D eigenvalue weighted by molar-refractivity contribution is 0.147. The second-order valence-corrected chi connectivity index (χ2v) is 5.36. The van der Waals surface area contributed by atoms with Crippen LogP contribution in [-0.4, -0.2) is 21.5 Å². The Labute approximate surface area is 116 Å². The van der Waals surface area contributed by atoms with E-state index in [1.54, 1.807) is 10.5 Å². The van der Waals surface area contributed by atoms with Crippen molar-refractivity contribution in [1.29, 1.82) is 0 Å². The van der Waals surface area contributed by atoms with Gasteiger partial charge in [-0.1, -0.05) is 6.07 Å². The minimum absolute atomic E-state index is 0.190. The van der Waals surface area contributed by atoms with Crippen molar-refractivity contribution < 1.29 is 8.78 Å². The lowest BCUT2D eigenvalue weighted by atomic mass is 9.92. The van der Waals surface area contributed by atoms with Gasteiger partial charge in [-0.2, -0.15) is 0 Å². The Balaban J connectivity index is 1.84. The molecule has 0 aliphatic heterocycles. The van der Waals surface area contributed by atoms with Crippen LogP contribution < -0.4 is 11.1 Å². The van der Waals surface area contributed by atoms with Gasteiger partial charge in [0.2, 0.25) is 0 Å². The summed E-state index contributed by atoms with van der Waals surface area (Å²) >= 11 is 0. The maximum absolute atomic E-state index is 12.7. The number of nitrogens with one attached hydrogen (secondary N) is 1. The van der Waals surface area contributed by atoms with Crippen molar-refractivity contribution in [2.75, 3.05) is 5.32 Å². The summed E-state index contributed by atoms with van der Waals surface area (Å²) in [6.07, 6.45) is 2.87. The zero-order chi connectivity index (χ0) is 14.1. The summed E-state index contributed by atoms with van der Waals surface area (Å²) in [5.74, 6) is 0.808. The first-order chi connectivity index (χ1) is 9.63. The lowest BCUT2D eigenvalue weighted by Gasteiger charge is -2.27. The monoisotopic (exact) mass is 280 g/mol. The highest BCUT2D eigenvalue weighted by Gasteiger charge is 2.19. The van der Waals surface area contributed by atoms with Gasteiger partial charge in [0.25, 0.3) is 6.43 Å². The SMILES string of the molecule is NC1CCC(Nc2cccc3nc(C(F)F)cn23)CC1. The van der Waals surface area contributed by atoms with Crippen LogP contribution in [0.3, 0.4) is 0 Å². The number of hydrogen-bond acceptors (Lipinski definition) is 3. The molecule has 0 saturated heterocycles. The zero-order valence-corrected chi connectivity index (χ0v) is 11.1. The number of fused-ring (bicyclic) bond motifs is 1. The van der Waals surface area contributed by atoms with Crippen molar-refractivity contribution in [3.63, 3.8) is 0 Å². The number of imidazole rings is 1. The first-order valence-corrected chi connectivity index (χ1v) is 6.92. The number of rotatable bonds is 3.